The number of hydrogen-bond acceptors (Lipinski definition) is 6. The molecule has 2 aliphatic rings. The molecule has 32 heavy (non-hydrogen) atoms. The van der Waals surface area contributed by atoms with Crippen LogP contribution in [-0.4, -0.2) is 86.2 Å². The molecule has 0 spiro atoms. The maximum Gasteiger partial charge on any atom is 0.319 e. The standard InChI is InChI=1S/C21H30F2N4O5/c22-14-1-3-16(23)18(11-14)26-21(30)24-6-5-15-2-4-17(19(13-28)32-15)25-20(29)12-27-7-9-31-10-8-27/h1,3,11,15,17,19,28H,2,4-10,12-13H2,(H,25,29)(H2,24,26,30)/t15-,17+,19-/m1/s1. The molecule has 0 radical (unpaired) electrons. The smallest absolute Gasteiger partial charge is 0.319 e. The van der Waals surface area contributed by atoms with E-state index in [1.165, 1.54) is 0 Å². The molecule has 3 amide bonds. The number of urea groups is 1. The Morgan fingerprint density at radius 1 is 1.19 bits per heavy atom. The van der Waals surface area contributed by atoms with Crippen LogP contribution in [0.4, 0.5) is 19.3 Å². The van der Waals surface area contributed by atoms with Gasteiger partial charge >= 0.3 is 6.03 Å². The number of morpholine rings is 1. The van der Waals surface area contributed by atoms with Crippen molar-refractivity contribution in [3.05, 3.63) is 29.8 Å². The average molecular weight is 456 g/mol. The molecule has 1 aromatic rings. The van der Waals surface area contributed by atoms with Crippen molar-refractivity contribution >= 4 is 17.6 Å². The highest BCUT2D eigenvalue weighted by molar-refractivity contribution is 5.89. The summed E-state index contributed by atoms with van der Waals surface area (Å²) >= 11 is 0. The van der Waals surface area contributed by atoms with E-state index in [4.69, 9.17) is 9.47 Å². The number of halogens is 2. The first-order chi connectivity index (χ1) is 15.4. The van der Waals surface area contributed by atoms with Crippen molar-refractivity contribution in [2.75, 3.05) is 51.3 Å². The van der Waals surface area contributed by atoms with Crippen molar-refractivity contribution in [3.8, 4) is 0 Å². The van der Waals surface area contributed by atoms with Crippen molar-refractivity contribution in [1.82, 2.24) is 15.5 Å². The Kier molecular flexibility index (Phi) is 9.15. The van der Waals surface area contributed by atoms with Gasteiger partial charge in [-0.2, -0.15) is 0 Å². The van der Waals surface area contributed by atoms with Crippen LogP contribution >= 0.6 is 0 Å². The number of nitrogens with zero attached hydrogens (tertiary/aromatic N) is 1. The lowest BCUT2D eigenvalue weighted by atomic mass is 9.97. The van der Waals surface area contributed by atoms with Crippen LogP contribution in [-0.2, 0) is 14.3 Å². The van der Waals surface area contributed by atoms with Gasteiger partial charge in [0.25, 0.3) is 0 Å². The van der Waals surface area contributed by atoms with Crippen LogP contribution < -0.4 is 16.0 Å². The fraction of sp³-hybridized carbons (Fsp3) is 0.619. The van der Waals surface area contributed by atoms with Crippen LogP contribution in [0.1, 0.15) is 19.3 Å². The van der Waals surface area contributed by atoms with Crippen LogP contribution in [0, 0.1) is 11.6 Å². The van der Waals surface area contributed by atoms with E-state index in [0.29, 0.717) is 45.6 Å². The molecule has 0 aliphatic carbocycles. The highest BCUT2D eigenvalue weighted by atomic mass is 19.1. The van der Waals surface area contributed by atoms with E-state index in [0.717, 1.165) is 18.2 Å². The summed E-state index contributed by atoms with van der Waals surface area (Å²) in [7, 11) is 0. The second kappa shape index (κ2) is 12.0. The Balaban J connectivity index is 1.37. The van der Waals surface area contributed by atoms with E-state index in [9.17, 15) is 23.5 Å². The first-order valence-corrected chi connectivity index (χ1v) is 10.8. The van der Waals surface area contributed by atoms with Gasteiger partial charge < -0.3 is 30.5 Å². The van der Waals surface area contributed by atoms with Gasteiger partial charge in [0.2, 0.25) is 5.91 Å². The largest absolute Gasteiger partial charge is 0.394 e. The van der Waals surface area contributed by atoms with Gasteiger partial charge in [-0.3, -0.25) is 9.69 Å². The Labute approximate surface area is 185 Å². The van der Waals surface area contributed by atoms with Gasteiger partial charge in [0.05, 0.1) is 44.2 Å². The zero-order valence-electron chi connectivity index (χ0n) is 17.8. The fourth-order valence-electron chi connectivity index (χ4n) is 3.83. The van der Waals surface area contributed by atoms with Crippen molar-refractivity contribution in [1.29, 1.82) is 0 Å². The van der Waals surface area contributed by atoms with Gasteiger partial charge in [-0.05, 0) is 31.4 Å². The number of benzene rings is 1. The molecule has 0 unspecified atom stereocenters. The van der Waals surface area contributed by atoms with Gasteiger partial charge in [0, 0.05) is 25.7 Å². The number of amides is 3. The predicted octanol–water partition coefficient (Wildman–Crippen LogP) is 0.833. The zero-order chi connectivity index (χ0) is 22.9. The van der Waals surface area contributed by atoms with Crippen molar-refractivity contribution in [2.24, 2.45) is 0 Å². The summed E-state index contributed by atoms with van der Waals surface area (Å²) in [4.78, 5) is 26.3. The van der Waals surface area contributed by atoms with E-state index in [-0.39, 0.29) is 43.4 Å². The zero-order valence-corrected chi connectivity index (χ0v) is 17.8. The summed E-state index contributed by atoms with van der Waals surface area (Å²) < 4.78 is 37.9. The number of aliphatic hydroxyl groups excluding tert-OH is 1. The van der Waals surface area contributed by atoms with Crippen LogP contribution in [0.5, 0.6) is 0 Å². The number of rotatable bonds is 8. The number of carbonyl (C=O) groups is 2. The predicted molar refractivity (Wildman–Crippen MR) is 112 cm³/mol. The summed E-state index contributed by atoms with van der Waals surface area (Å²) in [6.07, 6.45) is 1.04. The summed E-state index contributed by atoms with van der Waals surface area (Å²) in [5.74, 6) is -1.50. The maximum atomic E-state index is 13.6. The average Bonchev–Trinajstić information content (AvgIpc) is 2.78. The molecule has 2 aliphatic heterocycles. The Hall–Kier alpha value is -2.34. The maximum absolute atomic E-state index is 13.6. The van der Waals surface area contributed by atoms with Crippen molar-refractivity contribution in [3.63, 3.8) is 0 Å². The van der Waals surface area contributed by atoms with Crippen molar-refractivity contribution in [2.45, 2.75) is 37.5 Å². The van der Waals surface area contributed by atoms with Crippen LogP contribution in [0.25, 0.3) is 0 Å². The summed E-state index contributed by atoms with van der Waals surface area (Å²) in [5, 5.41) is 17.5. The minimum absolute atomic E-state index is 0.111. The van der Waals surface area contributed by atoms with E-state index in [2.05, 4.69) is 16.0 Å². The van der Waals surface area contributed by atoms with Gasteiger partial charge in [0.15, 0.2) is 0 Å². The van der Waals surface area contributed by atoms with E-state index < -0.39 is 23.8 Å². The molecule has 3 rings (SSSR count). The van der Waals surface area contributed by atoms with Crippen LogP contribution in [0.15, 0.2) is 18.2 Å². The summed E-state index contributed by atoms with van der Waals surface area (Å²) in [6, 6.07) is 1.87. The van der Waals surface area contributed by atoms with Gasteiger partial charge in [-0.15, -0.1) is 0 Å². The molecule has 3 atom stereocenters. The highest BCUT2D eigenvalue weighted by Crippen LogP contribution is 2.22. The van der Waals surface area contributed by atoms with Gasteiger partial charge in [-0.25, -0.2) is 13.6 Å². The van der Waals surface area contributed by atoms with Crippen molar-refractivity contribution < 1.29 is 33.0 Å². The molecule has 178 valence electrons. The number of ether oxygens (including phenoxy) is 2. The number of carbonyl (C=O) groups excluding carboxylic acids is 2. The van der Waals surface area contributed by atoms with Crippen LogP contribution in [0.3, 0.4) is 0 Å². The Morgan fingerprint density at radius 2 is 1.97 bits per heavy atom. The molecule has 4 N–H and O–H groups in total. The molecule has 1 aromatic carbocycles. The lowest BCUT2D eigenvalue weighted by Gasteiger charge is -2.36. The van der Waals surface area contributed by atoms with Gasteiger partial charge in [-0.1, -0.05) is 0 Å². The third-order valence-corrected chi connectivity index (χ3v) is 5.54. The lowest BCUT2D eigenvalue weighted by Crippen LogP contribution is -2.53. The third-order valence-electron chi connectivity index (χ3n) is 5.54. The van der Waals surface area contributed by atoms with E-state index >= 15 is 0 Å². The minimum atomic E-state index is -0.732. The number of aliphatic hydroxyl groups is 1. The number of anilines is 1. The molecule has 2 saturated heterocycles. The quantitative estimate of drug-likeness (QED) is 0.461. The molecule has 0 aromatic heterocycles. The first kappa shape index (κ1) is 24.3. The molecule has 2 fully saturated rings. The highest BCUT2D eigenvalue weighted by Gasteiger charge is 2.32. The van der Waals surface area contributed by atoms with Crippen LogP contribution in [0.2, 0.25) is 0 Å². The first-order valence-electron chi connectivity index (χ1n) is 10.8. The molecule has 0 bridgehead atoms. The second-order valence-electron chi connectivity index (χ2n) is 7.91. The Bertz CT molecular complexity index is 779. The fourth-order valence-corrected chi connectivity index (χ4v) is 3.83. The normalized spacial score (nSPS) is 24.0. The van der Waals surface area contributed by atoms with E-state index in [1.54, 1.807) is 0 Å². The Morgan fingerprint density at radius 3 is 2.72 bits per heavy atom. The monoisotopic (exact) mass is 456 g/mol. The van der Waals surface area contributed by atoms with Gasteiger partial charge in [0.1, 0.15) is 17.7 Å². The topological polar surface area (TPSA) is 112 Å². The number of nitrogens with one attached hydrogen (secondary N) is 3. The van der Waals surface area contributed by atoms with E-state index in [1.807, 2.05) is 4.90 Å². The summed E-state index contributed by atoms with van der Waals surface area (Å²) in [6.45, 7) is 2.96. The number of hydrogen-bond donors (Lipinski definition) is 4. The minimum Gasteiger partial charge on any atom is -0.394 e. The molecular weight excluding hydrogens is 426 g/mol. The lowest BCUT2D eigenvalue weighted by molar-refractivity contribution is -0.130. The second-order valence-corrected chi connectivity index (χ2v) is 7.91. The molecular formula is C21H30F2N4O5. The molecule has 11 heteroatoms. The molecule has 9 nitrogen and oxygen atoms in total. The molecule has 0 saturated carbocycles. The SMILES string of the molecule is O=C(CN1CCOCC1)N[C@H]1CC[C@H](CCNC(=O)Nc2cc(F)ccc2F)O[C@@H]1CO. The molecule has 2 heterocycles. The summed E-state index contributed by atoms with van der Waals surface area (Å²) in [5.41, 5.74) is -0.243. The third kappa shape index (κ3) is 7.37.